The van der Waals surface area contributed by atoms with Gasteiger partial charge < -0.3 is 15.3 Å². The average Bonchev–Trinajstić information content (AvgIpc) is 2.29. The van der Waals surface area contributed by atoms with Crippen molar-refractivity contribution in [1.82, 2.24) is 10.2 Å². The molecule has 0 aromatic heterocycles. The minimum absolute atomic E-state index is 0.0796. The van der Waals surface area contributed by atoms with Gasteiger partial charge in [-0.2, -0.15) is 11.8 Å². The molecule has 0 aromatic rings. The quantitative estimate of drug-likeness (QED) is 0.817. The van der Waals surface area contributed by atoms with E-state index in [9.17, 15) is 9.59 Å². The normalized spacial score (nSPS) is 20.3. The third-order valence-electron chi connectivity index (χ3n) is 3.46. The number of rotatable bonds is 4. The Kier molecular flexibility index (Phi) is 5.31. The van der Waals surface area contributed by atoms with Gasteiger partial charge in [0.15, 0.2) is 0 Å². The van der Waals surface area contributed by atoms with E-state index >= 15 is 0 Å². The molecule has 1 rings (SSSR count). The Morgan fingerprint density at radius 1 is 1.44 bits per heavy atom. The fourth-order valence-corrected chi connectivity index (χ4v) is 2.59. The minimum Gasteiger partial charge on any atom is -0.481 e. The molecule has 5 nitrogen and oxygen atoms in total. The Morgan fingerprint density at radius 2 is 2.00 bits per heavy atom. The summed E-state index contributed by atoms with van der Waals surface area (Å²) in [6.07, 6.45) is 3.04. The summed E-state index contributed by atoms with van der Waals surface area (Å²) in [7, 11) is 0. The van der Waals surface area contributed by atoms with Crippen LogP contribution in [0.1, 0.15) is 26.7 Å². The highest BCUT2D eigenvalue weighted by Crippen LogP contribution is 2.30. The summed E-state index contributed by atoms with van der Waals surface area (Å²) < 4.78 is 0. The molecule has 2 N–H and O–H groups in total. The van der Waals surface area contributed by atoms with Crippen molar-refractivity contribution in [2.75, 3.05) is 25.1 Å². The molecule has 0 spiro atoms. The fraction of sp³-hybridized carbons (Fsp3) is 0.833. The Balaban J connectivity index is 2.43. The lowest BCUT2D eigenvalue weighted by molar-refractivity contribution is -0.150. The van der Waals surface area contributed by atoms with Gasteiger partial charge >= 0.3 is 12.0 Å². The largest absolute Gasteiger partial charge is 0.481 e. The van der Waals surface area contributed by atoms with Crippen LogP contribution in [0.15, 0.2) is 0 Å². The molecule has 6 heteroatoms. The van der Waals surface area contributed by atoms with Crippen LogP contribution in [0, 0.1) is 5.41 Å². The molecule has 0 aromatic carbocycles. The van der Waals surface area contributed by atoms with Gasteiger partial charge in [-0.15, -0.1) is 0 Å². The first-order valence-corrected chi connectivity index (χ1v) is 7.56. The van der Waals surface area contributed by atoms with E-state index < -0.39 is 11.4 Å². The van der Waals surface area contributed by atoms with E-state index in [-0.39, 0.29) is 12.1 Å². The summed E-state index contributed by atoms with van der Waals surface area (Å²) in [6.45, 7) is 4.75. The molecule has 0 aliphatic carbocycles. The van der Waals surface area contributed by atoms with Crippen LogP contribution < -0.4 is 5.32 Å². The zero-order valence-corrected chi connectivity index (χ0v) is 12.0. The average molecular weight is 274 g/mol. The molecule has 2 amide bonds. The number of hydrogen-bond acceptors (Lipinski definition) is 3. The summed E-state index contributed by atoms with van der Waals surface area (Å²) in [5, 5.41) is 12.0. The summed E-state index contributed by atoms with van der Waals surface area (Å²) in [6, 6.07) is 0.0595. The van der Waals surface area contributed by atoms with Gasteiger partial charge in [0.05, 0.1) is 5.41 Å². The number of carboxylic acids is 1. The van der Waals surface area contributed by atoms with Crippen molar-refractivity contribution in [1.29, 1.82) is 0 Å². The van der Waals surface area contributed by atoms with E-state index in [0.717, 1.165) is 5.75 Å². The number of nitrogens with zero attached hydrogens (tertiary/aromatic N) is 1. The number of aliphatic carboxylic acids is 1. The number of hydrogen-bond donors (Lipinski definition) is 2. The van der Waals surface area contributed by atoms with Crippen molar-refractivity contribution in [2.24, 2.45) is 5.41 Å². The molecule has 18 heavy (non-hydrogen) atoms. The highest BCUT2D eigenvalue weighted by molar-refractivity contribution is 7.98. The molecule has 1 unspecified atom stereocenters. The van der Waals surface area contributed by atoms with Crippen molar-refractivity contribution in [2.45, 2.75) is 32.7 Å². The maximum atomic E-state index is 11.9. The third-order valence-corrected chi connectivity index (χ3v) is 4.29. The predicted molar refractivity (Wildman–Crippen MR) is 72.9 cm³/mol. The number of carbonyl (C=O) groups excluding carboxylic acids is 1. The Hall–Kier alpha value is -0.910. The number of carboxylic acid groups (broad SMARTS) is 1. The van der Waals surface area contributed by atoms with Crippen LogP contribution in [-0.4, -0.2) is 53.1 Å². The van der Waals surface area contributed by atoms with E-state index in [1.165, 1.54) is 0 Å². The Labute approximate surface area is 112 Å². The molecule has 104 valence electrons. The van der Waals surface area contributed by atoms with Gasteiger partial charge in [-0.3, -0.25) is 4.79 Å². The van der Waals surface area contributed by atoms with E-state index in [0.29, 0.717) is 25.9 Å². The lowest BCUT2D eigenvalue weighted by Crippen LogP contribution is -2.50. The van der Waals surface area contributed by atoms with E-state index in [2.05, 4.69) is 5.32 Å². The van der Waals surface area contributed by atoms with Crippen molar-refractivity contribution < 1.29 is 14.7 Å². The Morgan fingerprint density at radius 3 is 2.44 bits per heavy atom. The van der Waals surface area contributed by atoms with Crippen LogP contribution >= 0.6 is 11.8 Å². The number of urea groups is 1. The molecule has 0 radical (unpaired) electrons. The van der Waals surface area contributed by atoms with E-state index in [1.807, 2.05) is 13.2 Å². The molecule has 1 aliphatic rings. The summed E-state index contributed by atoms with van der Waals surface area (Å²) >= 11 is 1.69. The van der Waals surface area contributed by atoms with Crippen LogP contribution in [-0.2, 0) is 4.79 Å². The van der Waals surface area contributed by atoms with Crippen molar-refractivity contribution >= 4 is 23.8 Å². The monoisotopic (exact) mass is 274 g/mol. The highest BCUT2D eigenvalue weighted by atomic mass is 32.2. The lowest BCUT2D eigenvalue weighted by Gasteiger charge is -2.36. The van der Waals surface area contributed by atoms with Gasteiger partial charge in [0.2, 0.25) is 0 Å². The SMILES string of the molecule is CSCC(C)NC(=O)N1CCC(C)(C(=O)O)CC1. The van der Waals surface area contributed by atoms with Crippen molar-refractivity contribution in [3.63, 3.8) is 0 Å². The zero-order chi connectivity index (χ0) is 13.8. The topological polar surface area (TPSA) is 69.6 Å². The molecule has 1 saturated heterocycles. The molecule has 0 bridgehead atoms. The summed E-state index contributed by atoms with van der Waals surface area (Å²) in [5.74, 6) is 0.116. The van der Waals surface area contributed by atoms with E-state index in [1.54, 1.807) is 23.6 Å². The van der Waals surface area contributed by atoms with Crippen LogP contribution in [0.2, 0.25) is 0 Å². The van der Waals surface area contributed by atoms with Gasteiger partial charge in [-0.05, 0) is 32.9 Å². The number of carbonyl (C=O) groups is 2. The molecular formula is C12H22N2O3S. The molecule has 1 aliphatic heterocycles. The second-order valence-electron chi connectivity index (χ2n) is 5.16. The number of amides is 2. The minimum atomic E-state index is -0.765. The summed E-state index contributed by atoms with van der Waals surface area (Å²) in [5.41, 5.74) is -0.679. The molecule has 1 fully saturated rings. The van der Waals surface area contributed by atoms with Gasteiger partial charge in [-0.25, -0.2) is 4.79 Å². The standard InChI is InChI=1S/C12H22N2O3S/c1-9(8-18-3)13-11(17)14-6-4-12(2,5-7-14)10(15)16/h9H,4-8H2,1-3H3,(H,13,17)(H,15,16). The third kappa shape index (κ3) is 3.80. The van der Waals surface area contributed by atoms with Crippen LogP contribution in [0.5, 0.6) is 0 Å². The summed E-state index contributed by atoms with van der Waals surface area (Å²) in [4.78, 5) is 24.7. The number of thioether (sulfide) groups is 1. The molecule has 0 saturated carbocycles. The van der Waals surface area contributed by atoms with Gasteiger partial charge in [0, 0.05) is 24.9 Å². The molecule has 1 atom stereocenters. The first kappa shape index (κ1) is 15.1. The maximum absolute atomic E-state index is 11.9. The van der Waals surface area contributed by atoms with Crippen LogP contribution in [0.25, 0.3) is 0 Å². The van der Waals surface area contributed by atoms with Gasteiger partial charge in [0.1, 0.15) is 0 Å². The van der Waals surface area contributed by atoms with Gasteiger partial charge in [0.25, 0.3) is 0 Å². The Bertz CT molecular complexity index is 314. The predicted octanol–water partition coefficient (Wildman–Crippen LogP) is 1.63. The smallest absolute Gasteiger partial charge is 0.317 e. The second-order valence-corrected chi connectivity index (χ2v) is 6.07. The van der Waals surface area contributed by atoms with Crippen molar-refractivity contribution in [3.05, 3.63) is 0 Å². The molecule has 1 heterocycles. The van der Waals surface area contributed by atoms with E-state index in [4.69, 9.17) is 5.11 Å². The first-order valence-electron chi connectivity index (χ1n) is 6.17. The van der Waals surface area contributed by atoms with Crippen LogP contribution in [0.3, 0.4) is 0 Å². The lowest BCUT2D eigenvalue weighted by atomic mass is 9.80. The number of nitrogens with one attached hydrogen (secondary N) is 1. The fourth-order valence-electron chi connectivity index (χ4n) is 2.01. The van der Waals surface area contributed by atoms with Gasteiger partial charge in [-0.1, -0.05) is 0 Å². The van der Waals surface area contributed by atoms with Crippen LogP contribution in [0.4, 0.5) is 4.79 Å². The first-order chi connectivity index (χ1) is 8.39. The van der Waals surface area contributed by atoms with Crippen molar-refractivity contribution in [3.8, 4) is 0 Å². The number of likely N-dealkylation sites (tertiary alicyclic amines) is 1. The molecular weight excluding hydrogens is 252 g/mol. The maximum Gasteiger partial charge on any atom is 0.317 e. The second kappa shape index (κ2) is 6.31. The zero-order valence-electron chi connectivity index (χ0n) is 11.2. The number of piperidine rings is 1. The highest BCUT2D eigenvalue weighted by Gasteiger charge is 2.38.